The van der Waals surface area contributed by atoms with Crippen LogP contribution in [0.15, 0.2) is 36.4 Å². The van der Waals surface area contributed by atoms with Gasteiger partial charge in [-0.25, -0.2) is 0 Å². The molecule has 5 nitrogen and oxygen atoms in total. The lowest BCUT2D eigenvalue weighted by molar-refractivity contribution is -0.137. The predicted molar refractivity (Wildman–Crippen MR) is 106 cm³/mol. The van der Waals surface area contributed by atoms with Crippen LogP contribution in [0.25, 0.3) is 0 Å². The van der Waals surface area contributed by atoms with E-state index in [-0.39, 0.29) is 17.4 Å². The Kier molecular flexibility index (Phi) is 6.02. The first kappa shape index (κ1) is 21.0. The molecule has 1 fully saturated rings. The summed E-state index contributed by atoms with van der Waals surface area (Å²) in [5.41, 5.74) is 6.53. The van der Waals surface area contributed by atoms with Gasteiger partial charge in [-0.05, 0) is 62.7 Å². The van der Waals surface area contributed by atoms with Gasteiger partial charge in [0.1, 0.15) is 11.9 Å². The molecule has 156 valence electrons. The maximum Gasteiger partial charge on any atom is 0.416 e. The fourth-order valence-corrected chi connectivity index (χ4v) is 3.18. The van der Waals surface area contributed by atoms with Gasteiger partial charge >= 0.3 is 6.18 Å². The molecule has 0 saturated carbocycles. The van der Waals surface area contributed by atoms with Crippen molar-refractivity contribution in [1.82, 2.24) is 4.90 Å². The maximum absolute atomic E-state index is 13.4. The summed E-state index contributed by atoms with van der Waals surface area (Å²) in [4.78, 5) is 14.7. The smallest absolute Gasteiger partial charge is 0.416 e. The van der Waals surface area contributed by atoms with Crippen molar-refractivity contribution in [3.05, 3.63) is 53.1 Å². The Balaban J connectivity index is 1.84. The molecular weight excluding hydrogens is 383 g/mol. The minimum absolute atomic E-state index is 0.0444. The highest BCUT2D eigenvalue weighted by atomic mass is 19.4. The zero-order valence-electron chi connectivity index (χ0n) is 16.3. The number of hydrogen-bond donors (Lipinski definition) is 2. The largest absolute Gasteiger partial charge is 0.490 e. The molecule has 1 saturated heterocycles. The highest BCUT2D eigenvalue weighted by molar-refractivity contribution is 6.04. The second-order valence-corrected chi connectivity index (χ2v) is 7.39. The topological polar surface area (TPSA) is 67.6 Å². The third-order valence-corrected chi connectivity index (χ3v) is 5.00. The van der Waals surface area contributed by atoms with Gasteiger partial charge in [-0.1, -0.05) is 6.07 Å². The minimum Gasteiger partial charge on any atom is -0.490 e. The third-order valence-electron chi connectivity index (χ3n) is 5.00. The number of rotatable bonds is 4. The molecule has 0 atom stereocenters. The van der Waals surface area contributed by atoms with Crippen LogP contribution < -0.4 is 15.8 Å². The Hall–Kier alpha value is -2.74. The van der Waals surface area contributed by atoms with Crippen LogP contribution in [0.1, 0.15) is 34.3 Å². The molecule has 0 spiro atoms. The summed E-state index contributed by atoms with van der Waals surface area (Å²) >= 11 is 0. The number of carbonyl (C=O) groups is 1. The number of likely N-dealkylation sites (tertiary alicyclic amines) is 1. The molecule has 0 aromatic heterocycles. The highest BCUT2D eigenvalue weighted by Crippen LogP contribution is 2.34. The van der Waals surface area contributed by atoms with Gasteiger partial charge in [-0.2, -0.15) is 13.2 Å². The number of nitrogen functional groups attached to an aromatic ring is 1. The quantitative estimate of drug-likeness (QED) is 0.741. The summed E-state index contributed by atoms with van der Waals surface area (Å²) in [6.45, 7) is 3.44. The molecule has 2 aromatic carbocycles. The van der Waals surface area contributed by atoms with E-state index in [2.05, 4.69) is 10.2 Å². The number of ether oxygens (including phenoxy) is 1. The van der Waals surface area contributed by atoms with Gasteiger partial charge < -0.3 is 20.7 Å². The Labute approximate surface area is 167 Å². The van der Waals surface area contributed by atoms with E-state index in [0.717, 1.165) is 43.6 Å². The molecule has 8 heteroatoms. The number of carbonyl (C=O) groups excluding carboxylic acids is 1. The Morgan fingerprint density at radius 2 is 1.86 bits per heavy atom. The standard InChI is InChI=1S/C21H24F3N3O2/c1-13-3-4-16(12-19(13)25)26-20(28)14-9-15(21(22,23)24)11-18(10-14)29-17-5-7-27(2)8-6-17/h3-4,9-12,17H,5-8,25H2,1-2H3,(H,26,28). The summed E-state index contributed by atoms with van der Waals surface area (Å²) in [7, 11) is 1.99. The normalized spacial score (nSPS) is 15.9. The first-order chi connectivity index (χ1) is 13.6. The van der Waals surface area contributed by atoms with E-state index in [0.29, 0.717) is 11.4 Å². The monoisotopic (exact) mass is 407 g/mol. The number of alkyl halides is 3. The molecule has 1 amide bonds. The van der Waals surface area contributed by atoms with E-state index in [9.17, 15) is 18.0 Å². The van der Waals surface area contributed by atoms with Gasteiger partial charge in [0.05, 0.1) is 5.56 Å². The van der Waals surface area contributed by atoms with E-state index in [1.165, 1.54) is 6.07 Å². The lowest BCUT2D eigenvalue weighted by Crippen LogP contribution is -2.35. The van der Waals surface area contributed by atoms with E-state index < -0.39 is 17.6 Å². The van der Waals surface area contributed by atoms with Crippen molar-refractivity contribution in [3.63, 3.8) is 0 Å². The summed E-state index contributed by atoms with van der Waals surface area (Å²) in [6.07, 6.45) is -3.33. The minimum atomic E-state index is -4.59. The molecule has 3 N–H and O–H groups in total. The number of aryl methyl sites for hydroxylation is 1. The average molecular weight is 407 g/mol. The second-order valence-electron chi connectivity index (χ2n) is 7.39. The van der Waals surface area contributed by atoms with Crippen LogP contribution in [0.5, 0.6) is 5.75 Å². The van der Waals surface area contributed by atoms with Crippen LogP contribution in [-0.2, 0) is 6.18 Å². The second kappa shape index (κ2) is 8.32. The lowest BCUT2D eigenvalue weighted by atomic mass is 10.1. The molecular formula is C21H24F3N3O2. The lowest BCUT2D eigenvalue weighted by Gasteiger charge is -2.29. The average Bonchev–Trinajstić information content (AvgIpc) is 2.65. The summed E-state index contributed by atoms with van der Waals surface area (Å²) in [5.74, 6) is -0.615. The number of piperidine rings is 1. The Bertz CT molecular complexity index is 891. The zero-order chi connectivity index (χ0) is 21.2. The van der Waals surface area contributed by atoms with Crippen molar-refractivity contribution < 1.29 is 22.7 Å². The molecule has 1 aliphatic rings. The molecule has 1 aliphatic heterocycles. The predicted octanol–water partition coefficient (Wildman–Crippen LogP) is 4.32. The van der Waals surface area contributed by atoms with Crippen molar-refractivity contribution >= 4 is 17.3 Å². The van der Waals surface area contributed by atoms with E-state index >= 15 is 0 Å². The van der Waals surface area contributed by atoms with Gasteiger partial charge in [-0.15, -0.1) is 0 Å². The number of nitrogens with zero attached hydrogens (tertiary/aromatic N) is 1. The van der Waals surface area contributed by atoms with E-state index in [1.807, 2.05) is 14.0 Å². The van der Waals surface area contributed by atoms with Crippen molar-refractivity contribution in [3.8, 4) is 5.75 Å². The molecule has 1 heterocycles. The van der Waals surface area contributed by atoms with Crippen LogP contribution in [-0.4, -0.2) is 37.0 Å². The van der Waals surface area contributed by atoms with Gasteiger partial charge in [0.2, 0.25) is 0 Å². The van der Waals surface area contributed by atoms with Crippen LogP contribution in [0.4, 0.5) is 24.5 Å². The Morgan fingerprint density at radius 3 is 2.48 bits per heavy atom. The van der Waals surface area contributed by atoms with Crippen LogP contribution >= 0.6 is 0 Å². The zero-order valence-corrected chi connectivity index (χ0v) is 16.3. The first-order valence-corrected chi connectivity index (χ1v) is 9.37. The molecule has 29 heavy (non-hydrogen) atoms. The van der Waals surface area contributed by atoms with Gasteiger partial charge in [0, 0.05) is 30.0 Å². The van der Waals surface area contributed by atoms with Crippen LogP contribution in [0, 0.1) is 6.92 Å². The molecule has 0 bridgehead atoms. The molecule has 3 rings (SSSR count). The number of nitrogens with one attached hydrogen (secondary N) is 1. The number of halogens is 3. The summed E-state index contributed by atoms with van der Waals surface area (Å²) < 4.78 is 45.9. The van der Waals surface area contributed by atoms with Gasteiger partial charge in [0.15, 0.2) is 0 Å². The van der Waals surface area contributed by atoms with Gasteiger partial charge in [-0.3, -0.25) is 4.79 Å². The Morgan fingerprint density at radius 1 is 1.17 bits per heavy atom. The van der Waals surface area contributed by atoms with Crippen molar-refractivity contribution in [2.45, 2.75) is 32.0 Å². The molecule has 0 aliphatic carbocycles. The van der Waals surface area contributed by atoms with E-state index in [1.54, 1.807) is 18.2 Å². The number of nitrogens with two attached hydrogens (primary N) is 1. The fourth-order valence-electron chi connectivity index (χ4n) is 3.18. The van der Waals surface area contributed by atoms with Crippen LogP contribution in [0.3, 0.4) is 0 Å². The highest BCUT2D eigenvalue weighted by Gasteiger charge is 2.32. The van der Waals surface area contributed by atoms with Crippen molar-refractivity contribution in [2.24, 2.45) is 0 Å². The fraction of sp³-hybridized carbons (Fsp3) is 0.381. The SMILES string of the molecule is Cc1ccc(NC(=O)c2cc(OC3CCN(C)CC3)cc(C(F)(F)F)c2)cc1N. The molecule has 0 radical (unpaired) electrons. The van der Waals surface area contributed by atoms with Crippen molar-refractivity contribution in [1.29, 1.82) is 0 Å². The number of hydrogen-bond acceptors (Lipinski definition) is 4. The third kappa shape index (κ3) is 5.41. The summed E-state index contributed by atoms with van der Waals surface area (Å²) in [6, 6.07) is 8.06. The summed E-state index contributed by atoms with van der Waals surface area (Å²) in [5, 5.41) is 2.59. The van der Waals surface area contributed by atoms with E-state index in [4.69, 9.17) is 10.5 Å². The first-order valence-electron chi connectivity index (χ1n) is 9.37. The van der Waals surface area contributed by atoms with Crippen molar-refractivity contribution in [2.75, 3.05) is 31.2 Å². The number of anilines is 2. The van der Waals surface area contributed by atoms with Gasteiger partial charge in [0.25, 0.3) is 5.91 Å². The molecule has 2 aromatic rings. The van der Waals surface area contributed by atoms with Crippen LogP contribution in [0.2, 0.25) is 0 Å². The molecule has 0 unspecified atom stereocenters. The number of benzene rings is 2. The number of amides is 1. The maximum atomic E-state index is 13.4.